The summed E-state index contributed by atoms with van der Waals surface area (Å²) < 4.78 is 25.6. The summed E-state index contributed by atoms with van der Waals surface area (Å²) in [5.41, 5.74) is -0.459. The Labute approximate surface area is 74.2 Å². The fraction of sp³-hybridized carbons (Fsp3) is 1.00. The molecule has 1 fully saturated rings. The number of hydrogen-bond donors (Lipinski definition) is 0. The van der Waals surface area contributed by atoms with Gasteiger partial charge in [0.05, 0.1) is 0 Å². The highest BCUT2D eigenvalue weighted by Gasteiger charge is 2.44. The average molecular weight is 192 g/mol. The number of unbranched alkanes of at least 4 members (excludes halogenated alkanes) is 4. The smallest absolute Gasteiger partial charge is 0.246 e. The van der Waals surface area contributed by atoms with Gasteiger partial charge in [-0.1, -0.05) is 32.6 Å². The highest BCUT2D eigenvalue weighted by Crippen LogP contribution is 2.29. The van der Waals surface area contributed by atoms with Crippen LogP contribution < -0.4 is 0 Å². The Morgan fingerprint density at radius 2 is 1.75 bits per heavy atom. The number of rotatable bonds is 6. The Morgan fingerprint density at radius 1 is 1.17 bits per heavy atom. The quantitative estimate of drug-likeness (QED) is 0.478. The molecule has 1 aliphatic heterocycles. The van der Waals surface area contributed by atoms with E-state index in [1.807, 2.05) is 0 Å². The highest BCUT2D eigenvalue weighted by molar-refractivity contribution is 7.92. The van der Waals surface area contributed by atoms with Gasteiger partial charge in [-0.3, -0.25) is 0 Å². The molecule has 0 radical (unpaired) electrons. The predicted octanol–water partition coefficient (Wildman–Crippen LogP) is 2.03. The molecular weight excluding hydrogens is 176 g/mol. The van der Waals surface area contributed by atoms with Crippen LogP contribution in [0.15, 0.2) is 0 Å². The number of hydrogen-bond acceptors (Lipinski definition) is 3. The third-order valence-corrected chi connectivity index (χ3v) is 3.36. The zero-order valence-corrected chi connectivity index (χ0v) is 8.27. The van der Waals surface area contributed by atoms with Gasteiger partial charge in [0, 0.05) is 0 Å². The van der Waals surface area contributed by atoms with Crippen LogP contribution in [-0.2, 0) is 14.3 Å². The van der Waals surface area contributed by atoms with Gasteiger partial charge in [-0.15, -0.1) is 0 Å². The fourth-order valence-corrected chi connectivity index (χ4v) is 2.23. The van der Waals surface area contributed by atoms with Gasteiger partial charge in [-0.05, 0) is 12.8 Å². The molecule has 0 spiro atoms. The van der Waals surface area contributed by atoms with Crippen molar-refractivity contribution >= 4 is 10.1 Å². The lowest BCUT2D eigenvalue weighted by Gasteiger charge is -1.95. The Bertz CT molecular complexity index is 220. The van der Waals surface area contributed by atoms with E-state index in [0.717, 1.165) is 12.8 Å². The second-order valence-corrected chi connectivity index (χ2v) is 4.93. The molecule has 4 heteroatoms. The van der Waals surface area contributed by atoms with Gasteiger partial charge in [0.25, 0.3) is 10.1 Å². The maximum atomic E-state index is 10.6. The molecule has 1 unspecified atom stereocenters. The Morgan fingerprint density at radius 3 is 2.25 bits per heavy atom. The lowest BCUT2D eigenvalue weighted by Crippen LogP contribution is -1.88. The van der Waals surface area contributed by atoms with Crippen molar-refractivity contribution in [2.45, 2.75) is 50.9 Å². The van der Waals surface area contributed by atoms with Crippen molar-refractivity contribution in [3.63, 3.8) is 0 Å². The van der Waals surface area contributed by atoms with E-state index >= 15 is 0 Å². The Balaban J connectivity index is 1.91. The van der Waals surface area contributed by atoms with E-state index in [1.54, 1.807) is 0 Å². The SMILES string of the molecule is CCCCCCCC1OS1(=O)=O. The van der Waals surface area contributed by atoms with Gasteiger partial charge < -0.3 is 0 Å². The molecule has 1 heterocycles. The van der Waals surface area contributed by atoms with Crippen molar-refractivity contribution in [3.8, 4) is 0 Å². The van der Waals surface area contributed by atoms with E-state index in [4.69, 9.17) is 0 Å². The van der Waals surface area contributed by atoms with Crippen molar-refractivity contribution in [1.29, 1.82) is 0 Å². The summed E-state index contributed by atoms with van der Waals surface area (Å²) in [6, 6.07) is 0. The van der Waals surface area contributed by atoms with E-state index in [1.165, 1.54) is 19.3 Å². The lowest BCUT2D eigenvalue weighted by molar-refractivity contribution is 0.415. The van der Waals surface area contributed by atoms with E-state index in [9.17, 15) is 8.42 Å². The van der Waals surface area contributed by atoms with Gasteiger partial charge >= 0.3 is 0 Å². The van der Waals surface area contributed by atoms with Crippen LogP contribution in [0.25, 0.3) is 0 Å². The van der Waals surface area contributed by atoms with Crippen molar-refractivity contribution in [2.75, 3.05) is 0 Å². The van der Waals surface area contributed by atoms with E-state index < -0.39 is 15.6 Å². The van der Waals surface area contributed by atoms with Crippen molar-refractivity contribution in [3.05, 3.63) is 0 Å². The van der Waals surface area contributed by atoms with Crippen molar-refractivity contribution < 1.29 is 12.6 Å². The first-order valence-corrected chi connectivity index (χ1v) is 6.06. The zero-order chi connectivity index (χ0) is 9.03. The lowest BCUT2D eigenvalue weighted by atomic mass is 10.1. The minimum absolute atomic E-state index is 0.459. The van der Waals surface area contributed by atoms with Crippen LogP contribution in [0.1, 0.15) is 45.4 Å². The molecule has 0 N–H and O–H groups in total. The van der Waals surface area contributed by atoms with Gasteiger partial charge in [0.15, 0.2) is 0 Å². The van der Waals surface area contributed by atoms with Crippen LogP contribution in [0.4, 0.5) is 0 Å². The highest BCUT2D eigenvalue weighted by atomic mass is 32.2. The van der Waals surface area contributed by atoms with E-state index in [0.29, 0.717) is 6.42 Å². The summed E-state index contributed by atoms with van der Waals surface area (Å²) in [5.74, 6) is 0. The summed E-state index contributed by atoms with van der Waals surface area (Å²) in [6.07, 6.45) is 6.47. The van der Waals surface area contributed by atoms with Crippen LogP contribution in [0.3, 0.4) is 0 Å². The molecule has 0 amide bonds. The van der Waals surface area contributed by atoms with Crippen molar-refractivity contribution in [2.24, 2.45) is 0 Å². The Hall–Kier alpha value is -0.0900. The summed E-state index contributed by atoms with van der Waals surface area (Å²) >= 11 is 0. The molecular formula is C8H16O3S. The van der Waals surface area contributed by atoms with Gasteiger partial charge in [0.1, 0.15) is 0 Å². The van der Waals surface area contributed by atoms with Gasteiger partial charge in [0.2, 0.25) is 5.44 Å². The molecule has 0 saturated carbocycles. The molecule has 1 rings (SSSR count). The molecule has 1 aliphatic rings. The van der Waals surface area contributed by atoms with Gasteiger partial charge in [-0.2, -0.15) is 8.42 Å². The van der Waals surface area contributed by atoms with Crippen LogP contribution in [-0.4, -0.2) is 13.9 Å². The first-order valence-electron chi connectivity index (χ1n) is 4.59. The zero-order valence-electron chi connectivity index (χ0n) is 7.45. The van der Waals surface area contributed by atoms with E-state index in [-0.39, 0.29) is 0 Å². The minimum atomic E-state index is -3.05. The predicted molar refractivity (Wildman–Crippen MR) is 47.2 cm³/mol. The second kappa shape index (κ2) is 4.23. The molecule has 1 atom stereocenters. The van der Waals surface area contributed by atoms with E-state index in [2.05, 4.69) is 11.1 Å². The van der Waals surface area contributed by atoms with Crippen LogP contribution >= 0.6 is 0 Å². The largest absolute Gasteiger partial charge is 0.297 e. The second-order valence-electron chi connectivity index (χ2n) is 3.22. The molecule has 12 heavy (non-hydrogen) atoms. The monoisotopic (exact) mass is 192 g/mol. The minimum Gasteiger partial charge on any atom is -0.246 e. The fourth-order valence-electron chi connectivity index (χ4n) is 1.23. The summed E-state index contributed by atoms with van der Waals surface area (Å²) in [4.78, 5) is 0. The summed E-state index contributed by atoms with van der Waals surface area (Å²) in [6.45, 7) is 2.16. The molecule has 0 aromatic heterocycles. The molecule has 0 aromatic rings. The van der Waals surface area contributed by atoms with Gasteiger partial charge in [-0.25, -0.2) is 4.18 Å². The first-order chi connectivity index (χ1) is 5.67. The first kappa shape index (κ1) is 9.99. The normalized spacial score (nSPS) is 25.6. The average Bonchev–Trinajstić information content (AvgIpc) is 2.59. The maximum Gasteiger partial charge on any atom is 0.297 e. The summed E-state index contributed by atoms with van der Waals surface area (Å²) in [7, 11) is -3.05. The third-order valence-electron chi connectivity index (χ3n) is 2.07. The maximum absolute atomic E-state index is 10.6. The van der Waals surface area contributed by atoms with Crippen LogP contribution in [0, 0.1) is 0 Å². The van der Waals surface area contributed by atoms with Crippen LogP contribution in [0.2, 0.25) is 0 Å². The molecule has 0 aromatic carbocycles. The topological polar surface area (TPSA) is 46.7 Å². The van der Waals surface area contributed by atoms with Crippen LogP contribution in [0.5, 0.6) is 0 Å². The third kappa shape index (κ3) is 3.11. The molecule has 3 nitrogen and oxygen atoms in total. The Kier molecular flexibility index (Phi) is 3.53. The molecule has 72 valence electrons. The standard InChI is InChI=1S/C8H16O3S/c1-2-3-4-5-6-7-8-11-12(8,9)10/h8H,2-7H2,1H3. The van der Waals surface area contributed by atoms with Crippen molar-refractivity contribution in [1.82, 2.24) is 0 Å². The molecule has 1 saturated heterocycles. The molecule has 0 aliphatic carbocycles. The molecule has 0 bridgehead atoms. The summed E-state index contributed by atoms with van der Waals surface area (Å²) in [5, 5.41) is 0.